The summed E-state index contributed by atoms with van der Waals surface area (Å²) in [5, 5.41) is 3.28. The van der Waals surface area contributed by atoms with Gasteiger partial charge >= 0.3 is 0 Å². The van der Waals surface area contributed by atoms with Crippen LogP contribution in [-0.4, -0.2) is 26.5 Å². The van der Waals surface area contributed by atoms with Crippen LogP contribution < -0.4 is 10.1 Å². The fourth-order valence-corrected chi connectivity index (χ4v) is 2.38. The summed E-state index contributed by atoms with van der Waals surface area (Å²) in [5.74, 6) is 0.816. The molecule has 0 amide bonds. The normalized spacial score (nSPS) is 19.1. The van der Waals surface area contributed by atoms with Crippen molar-refractivity contribution in [3.05, 3.63) is 29.8 Å². The van der Waals surface area contributed by atoms with E-state index in [4.69, 9.17) is 4.74 Å². The van der Waals surface area contributed by atoms with Crippen LogP contribution in [0.15, 0.2) is 24.3 Å². The first-order valence-corrected chi connectivity index (χ1v) is 5.63. The van der Waals surface area contributed by atoms with Crippen molar-refractivity contribution in [2.45, 2.75) is 18.3 Å². The van der Waals surface area contributed by atoms with Gasteiger partial charge in [-0.15, -0.1) is 0 Å². The molecule has 1 aromatic rings. The SMILES string of the molecule is COc1ccccc1C1(C=O)CCNCC1. The number of carbonyl (C=O) groups excluding carboxylic acids is 1. The van der Waals surface area contributed by atoms with Crippen LogP contribution in [0.5, 0.6) is 5.75 Å². The first-order chi connectivity index (χ1) is 7.82. The highest BCUT2D eigenvalue weighted by Gasteiger charge is 2.35. The smallest absolute Gasteiger partial charge is 0.130 e. The van der Waals surface area contributed by atoms with Gasteiger partial charge in [-0.25, -0.2) is 0 Å². The molecule has 86 valence electrons. The molecule has 0 aliphatic carbocycles. The zero-order valence-electron chi connectivity index (χ0n) is 9.53. The molecule has 0 saturated carbocycles. The molecule has 0 spiro atoms. The summed E-state index contributed by atoms with van der Waals surface area (Å²) in [5.41, 5.74) is 0.659. The third-order valence-corrected chi connectivity index (χ3v) is 3.36. The Kier molecular flexibility index (Phi) is 3.25. The van der Waals surface area contributed by atoms with Gasteiger partial charge in [-0.3, -0.25) is 0 Å². The van der Waals surface area contributed by atoms with Crippen molar-refractivity contribution in [2.75, 3.05) is 20.2 Å². The second-order valence-corrected chi connectivity index (χ2v) is 4.22. The van der Waals surface area contributed by atoms with Gasteiger partial charge in [-0.2, -0.15) is 0 Å². The van der Waals surface area contributed by atoms with Gasteiger partial charge in [0.25, 0.3) is 0 Å². The van der Waals surface area contributed by atoms with Crippen LogP contribution in [-0.2, 0) is 10.2 Å². The number of hydrogen-bond donors (Lipinski definition) is 1. The number of methoxy groups -OCH3 is 1. The minimum absolute atomic E-state index is 0.363. The molecule has 1 aliphatic heterocycles. The van der Waals surface area contributed by atoms with Crippen LogP contribution in [0.1, 0.15) is 18.4 Å². The Morgan fingerprint density at radius 3 is 2.62 bits per heavy atom. The molecule has 1 aliphatic rings. The maximum Gasteiger partial charge on any atom is 0.130 e. The number of para-hydroxylation sites is 1. The van der Waals surface area contributed by atoms with E-state index in [0.717, 1.165) is 43.5 Å². The Hall–Kier alpha value is -1.35. The summed E-state index contributed by atoms with van der Waals surface area (Å²) in [7, 11) is 1.65. The fourth-order valence-electron chi connectivity index (χ4n) is 2.38. The highest BCUT2D eigenvalue weighted by atomic mass is 16.5. The molecule has 16 heavy (non-hydrogen) atoms. The lowest BCUT2D eigenvalue weighted by molar-refractivity contribution is -0.113. The van der Waals surface area contributed by atoms with Gasteiger partial charge in [0, 0.05) is 5.56 Å². The van der Waals surface area contributed by atoms with E-state index in [0.29, 0.717) is 0 Å². The predicted molar refractivity (Wildman–Crippen MR) is 62.8 cm³/mol. The van der Waals surface area contributed by atoms with E-state index >= 15 is 0 Å². The van der Waals surface area contributed by atoms with Crippen LogP contribution in [0.25, 0.3) is 0 Å². The summed E-state index contributed by atoms with van der Waals surface area (Å²) in [4.78, 5) is 11.5. The summed E-state index contributed by atoms with van der Waals surface area (Å²) >= 11 is 0. The van der Waals surface area contributed by atoms with Crippen molar-refractivity contribution in [1.82, 2.24) is 5.32 Å². The summed E-state index contributed by atoms with van der Waals surface area (Å²) in [6, 6.07) is 7.81. The molecule has 0 unspecified atom stereocenters. The van der Waals surface area contributed by atoms with E-state index in [1.165, 1.54) is 0 Å². The Morgan fingerprint density at radius 1 is 1.31 bits per heavy atom. The van der Waals surface area contributed by atoms with Crippen molar-refractivity contribution in [3.63, 3.8) is 0 Å². The second kappa shape index (κ2) is 4.66. The molecule has 1 N–H and O–H groups in total. The van der Waals surface area contributed by atoms with E-state index in [2.05, 4.69) is 5.32 Å². The van der Waals surface area contributed by atoms with Gasteiger partial charge in [0.15, 0.2) is 0 Å². The number of rotatable bonds is 3. The second-order valence-electron chi connectivity index (χ2n) is 4.22. The van der Waals surface area contributed by atoms with E-state index < -0.39 is 0 Å². The van der Waals surface area contributed by atoms with E-state index in [-0.39, 0.29) is 5.41 Å². The van der Waals surface area contributed by atoms with E-state index in [1.807, 2.05) is 24.3 Å². The standard InChI is InChI=1S/C13H17NO2/c1-16-12-5-3-2-4-11(12)13(10-15)6-8-14-9-7-13/h2-5,10,14H,6-9H2,1H3. The van der Waals surface area contributed by atoms with Crippen molar-refractivity contribution >= 4 is 6.29 Å². The minimum Gasteiger partial charge on any atom is -0.496 e. The molecule has 0 aromatic heterocycles. The zero-order valence-corrected chi connectivity index (χ0v) is 9.53. The number of piperidine rings is 1. The number of ether oxygens (including phenoxy) is 1. The molecule has 0 radical (unpaired) electrons. The number of aldehydes is 1. The third kappa shape index (κ3) is 1.83. The number of nitrogens with one attached hydrogen (secondary N) is 1. The first-order valence-electron chi connectivity index (χ1n) is 5.63. The number of carbonyl (C=O) groups is 1. The molecular formula is C13H17NO2. The molecule has 1 fully saturated rings. The van der Waals surface area contributed by atoms with Gasteiger partial charge < -0.3 is 14.8 Å². The highest BCUT2D eigenvalue weighted by Crippen LogP contribution is 2.36. The lowest BCUT2D eigenvalue weighted by Gasteiger charge is -2.33. The van der Waals surface area contributed by atoms with Gasteiger partial charge in [0.2, 0.25) is 0 Å². The van der Waals surface area contributed by atoms with Crippen LogP contribution in [0.4, 0.5) is 0 Å². The maximum absolute atomic E-state index is 11.5. The molecule has 0 bridgehead atoms. The summed E-state index contributed by atoms with van der Waals surface area (Å²) in [6.45, 7) is 1.77. The summed E-state index contributed by atoms with van der Waals surface area (Å²) in [6.07, 6.45) is 2.78. The largest absolute Gasteiger partial charge is 0.496 e. The first kappa shape index (κ1) is 11.1. The van der Waals surface area contributed by atoms with Crippen molar-refractivity contribution in [3.8, 4) is 5.75 Å². The van der Waals surface area contributed by atoms with Crippen molar-refractivity contribution < 1.29 is 9.53 Å². The minimum atomic E-state index is -0.363. The molecule has 1 saturated heterocycles. The van der Waals surface area contributed by atoms with Gasteiger partial charge in [-0.05, 0) is 32.0 Å². The predicted octanol–water partition coefficient (Wildman–Crippen LogP) is 1.52. The molecular weight excluding hydrogens is 202 g/mol. The Labute approximate surface area is 95.8 Å². The molecule has 2 rings (SSSR count). The van der Waals surface area contributed by atoms with Crippen molar-refractivity contribution in [2.24, 2.45) is 0 Å². The lowest BCUT2D eigenvalue weighted by Crippen LogP contribution is -2.41. The average molecular weight is 219 g/mol. The summed E-state index contributed by atoms with van der Waals surface area (Å²) < 4.78 is 5.35. The Balaban J connectivity index is 2.42. The third-order valence-electron chi connectivity index (χ3n) is 3.36. The monoisotopic (exact) mass is 219 g/mol. The lowest BCUT2D eigenvalue weighted by atomic mass is 9.74. The van der Waals surface area contributed by atoms with E-state index in [9.17, 15) is 4.79 Å². The highest BCUT2D eigenvalue weighted by molar-refractivity contribution is 5.71. The quantitative estimate of drug-likeness (QED) is 0.783. The van der Waals surface area contributed by atoms with Crippen LogP contribution >= 0.6 is 0 Å². The molecule has 0 atom stereocenters. The van der Waals surface area contributed by atoms with E-state index in [1.54, 1.807) is 7.11 Å². The Bertz CT molecular complexity index is 370. The van der Waals surface area contributed by atoms with Gasteiger partial charge in [-0.1, -0.05) is 18.2 Å². The average Bonchev–Trinajstić information content (AvgIpc) is 2.39. The fraction of sp³-hybridized carbons (Fsp3) is 0.462. The van der Waals surface area contributed by atoms with Crippen LogP contribution in [0.3, 0.4) is 0 Å². The molecule has 3 nitrogen and oxygen atoms in total. The molecule has 3 heteroatoms. The number of hydrogen-bond acceptors (Lipinski definition) is 3. The van der Waals surface area contributed by atoms with Gasteiger partial charge in [0.05, 0.1) is 12.5 Å². The molecule has 1 aromatic carbocycles. The van der Waals surface area contributed by atoms with Crippen LogP contribution in [0, 0.1) is 0 Å². The molecule has 1 heterocycles. The van der Waals surface area contributed by atoms with Crippen LogP contribution in [0.2, 0.25) is 0 Å². The maximum atomic E-state index is 11.5. The number of benzene rings is 1. The Morgan fingerprint density at radius 2 is 2.00 bits per heavy atom. The topological polar surface area (TPSA) is 38.3 Å². The zero-order chi connectivity index (χ0) is 11.4. The van der Waals surface area contributed by atoms with Gasteiger partial charge in [0.1, 0.15) is 12.0 Å². The van der Waals surface area contributed by atoms with Crippen molar-refractivity contribution in [1.29, 1.82) is 0 Å².